The standard InChI is InChI=1S/C8H11N3O3.Li/c12-7(13)8(1-3-14-4-2-8)6-9-5-10-11-6;/h5H,1-4H2,(H,12,13)(H,9,10,11);/q;+1/p-1. The van der Waals surface area contributed by atoms with Gasteiger partial charge in [0.15, 0.2) is 0 Å². The number of rotatable bonds is 2. The summed E-state index contributed by atoms with van der Waals surface area (Å²) in [5.41, 5.74) is -1.05. The summed E-state index contributed by atoms with van der Waals surface area (Å²) in [5.74, 6) is -0.752. The van der Waals surface area contributed by atoms with Crippen molar-refractivity contribution in [3.63, 3.8) is 0 Å². The first-order valence-corrected chi connectivity index (χ1v) is 4.41. The number of carboxylic acids is 1. The number of nitrogens with zero attached hydrogens (tertiary/aromatic N) is 2. The minimum Gasteiger partial charge on any atom is -0.549 e. The molecule has 0 saturated carbocycles. The average molecular weight is 203 g/mol. The number of hydrogen-bond acceptors (Lipinski definition) is 5. The maximum absolute atomic E-state index is 11.1. The first kappa shape index (κ1) is 12.2. The molecule has 0 atom stereocenters. The predicted octanol–water partition coefficient (Wildman–Crippen LogP) is -4.39. The summed E-state index contributed by atoms with van der Waals surface area (Å²) >= 11 is 0. The molecule has 1 saturated heterocycles. The maximum Gasteiger partial charge on any atom is 1.00 e. The van der Waals surface area contributed by atoms with E-state index in [9.17, 15) is 9.90 Å². The minimum atomic E-state index is -1.11. The predicted molar refractivity (Wildman–Crippen MR) is 43.1 cm³/mol. The molecule has 1 fully saturated rings. The van der Waals surface area contributed by atoms with Crippen LogP contribution in [0.1, 0.15) is 18.7 Å². The molecule has 0 aliphatic carbocycles. The van der Waals surface area contributed by atoms with Gasteiger partial charge in [0.1, 0.15) is 12.2 Å². The molecular weight excluding hydrogens is 193 g/mol. The SMILES string of the molecule is O=C([O-])C1(c2ncn[nH]2)CCOCC1.[Li+]. The zero-order valence-corrected chi connectivity index (χ0v) is 8.52. The van der Waals surface area contributed by atoms with E-state index < -0.39 is 11.4 Å². The molecular formula is C8H10LiN3O3. The van der Waals surface area contributed by atoms with E-state index in [2.05, 4.69) is 15.2 Å². The molecule has 1 aliphatic heterocycles. The molecule has 6 nitrogen and oxygen atoms in total. The van der Waals surface area contributed by atoms with E-state index in [0.717, 1.165) is 0 Å². The van der Waals surface area contributed by atoms with Gasteiger partial charge in [-0.3, -0.25) is 5.10 Å². The maximum atomic E-state index is 11.1. The van der Waals surface area contributed by atoms with Crippen molar-refractivity contribution in [1.82, 2.24) is 15.2 Å². The molecule has 1 aromatic rings. The van der Waals surface area contributed by atoms with Crippen molar-refractivity contribution in [1.29, 1.82) is 0 Å². The van der Waals surface area contributed by atoms with Crippen molar-refractivity contribution in [3.8, 4) is 0 Å². The van der Waals surface area contributed by atoms with Crippen molar-refractivity contribution in [2.24, 2.45) is 0 Å². The van der Waals surface area contributed by atoms with E-state index in [4.69, 9.17) is 4.74 Å². The molecule has 76 valence electrons. The molecule has 0 amide bonds. The van der Waals surface area contributed by atoms with Gasteiger partial charge in [-0.05, 0) is 12.8 Å². The van der Waals surface area contributed by atoms with Crippen molar-refractivity contribution in [2.45, 2.75) is 18.3 Å². The molecule has 1 aliphatic rings. The number of H-pyrrole nitrogens is 1. The Morgan fingerprint density at radius 1 is 1.53 bits per heavy atom. The van der Waals surface area contributed by atoms with Crippen LogP contribution in [0.4, 0.5) is 0 Å². The third-order valence-electron chi connectivity index (χ3n) is 2.61. The molecule has 0 unspecified atom stereocenters. The van der Waals surface area contributed by atoms with Gasteiger partial charge in [0.05, 0.1) is 11.4 Å². The van der Waals surface area contributed by atoms with Gasteiger partial charge in [-0.15, -0.1) is 0 Å². The van der Waals surface area contributed by atoms with E-state index in [1.807, 2.05) is 0 Å². The second kappa shape index (κ2) is 4.79. The van der Waals surface area contributed by atoms with E-state index in [0.29, 0.717) is 31.9 Å². The fraction of sp³-hybridized carbons (Fsp3) is 0.625. The van der Waals surface area contributed by atoms with Crippen molar-refractivity contribution < 1.29 is 33.5 Å². The monoisotopic (exact) mass is 203 g/mol. The molecule has 2 heterocycles. The quantitative estimate of drug-likeness (QED) is 0.490. The Morgan fingerprint density at radius 3 is 2.67 bits per heavy atom. The second-order valence-electron chi connectivity index (χ2n) is 3.32. The Balaban J connectivity index is 0.00000112. The van der Waals surface area contributed by atoms with Crippen LogP contribution < -0.4 is 24.0 Å². The summed E-state index contributed by atoms with van der Waals surface area (Å²) < 4.78 is 5.12. The van der Waals surface area contributed by atoms with Crippen LogP contribution in [-0.2, 0) is 14.9 Å². The van der Waals surface area contributed by atoms with Gasteiger partial charge >= 0.3 is 18.9 Å². The molecule has 2 rings (SSSR count). The number of nitrogens with one attached hydrogen (secondary N) is 1. The summed E-state index contributed by atoms with van der Waals surface area (Å²) in [6.07, 6.45) is 2.06. The van der Waals surface area contributed by atoms with E-state index in [1.165, 1.54) is 6.33 Å². The number of carbonyl (C=O) groups is 1. The smallest absolute Gasteiger partial charge is 0.549 e. The molecule has 0 spiro atoms. The largest absolute Gasteiger partial charge is 1.00 e. The third kappa shape index (κ3) is 2.07. The van der Waals surface area contributed by atoms with Gasteiger partial charge in [-0.2, -0.15) is 5.10 Å². The average Bonchev–Trinajstić information content (AvgIpc) is 2.72. The van der Waals surface area contributed by atoms with Crippen LogP contribution in [0, 0.1) is 0 Å². The molecule has 7 heteroatoms. The van der Waals surface area contributed by atoms with E-state index in [1.54, 1.807) is 0 Å². The summed E-state index contributed by atoms with van der Waals surface area (Å²) in [4.78, 5) is 15.0. The Labute approximate surface area is 98.6 Å². The fourth-order valence-corrected chi connectivity index (χ4v) is 1.69. The van der Waals surface area contributed by atoms with Crippen molar-refractivity contribution in [3.05, 3.63) is 12.2 Å². The number of carbonyl (C=O) groups excluding carboxylic acids is 1. The molecule has 0 aromatic carbocycles. The second-order valence-corrected chi connectivity index (χ2v) is 3.32. The number of carboxylic acid groups (broad SMARTS) is 1. The van der Waals surface area contributed by atoms with Crippen molar-refractivity contribution in [2.75, 3.05) is 13.2 Å². The van der Waals surface area contributed by atoms with Crippen LogP contribution in [0.3, 0.4) is 0 Å². The molecule has 1 N–H and O–H groups in total. The van der Waals surface area contributed by atoms with Gasteiger partial charge in [0.2, 0.25) is 0 Å². The van der Waals surface area contributed by atoms with Crippen LogP contribution in [0.2, 0.25) is 0 Å². The Morgan fingerprint density at radius 2 is 2.20 bits per heavy atom. The van der Waals surface area contributed by atoms with Gasteiger partial charge in [-0.1, -0.05) is 0 Å². The fourth-order valence-electron chi connectivity index (χ4n) is 1.69. The van der Waals surface area contributed by atoms with Crippen LogP contribution in [-0.4, -0.2) is 34.4 Å². The number of hydrogen-bond donors (Lipinski definition) is 1. The van der Waals surface area contributed by atoms with Crippen LogP contribution in [0.25, 0.3) is 0 Å². The summed E-state index contributed by atoms with van der Waals surface area (Å²) in [7, 11) is 0. The number of ether oxygens (including phenoxy) is 1. The molecule has 1 aromatic heterocycles. The number of aliphatic carboxylic acids is 1. The number of aromatic nitrogens is 3. The van der Waals surface area contributed by atoms with Gasteiger partial charge in [0.25, 0.3) is 0 Å². The van der Waals surface area contributed by atoms with Crippen LogP contribution >= 0.6 is 0 Å². The minimum absolute atomic E-state index is 0. The molecule has 0 radical (unpaired) electrons. The van der Waals surface area contributed by atoms with Gasteiger partial charge in [-0.25, -0.2) is 4.98 Å². The van der Waals surface area contributed by atoms with Crippen molar-refractivity contribution >= 4 is 5.97 Å². The topological polar surface area (TPSA) is 90.9 Å². The molecule has 15 heavy (non-hydrogen) atoms. The summed E-state index contributed by atoms with van der Waals surface area (Å²) in [6.45, 7) is 0.823. The first-order chi connectivity index (χ1) is 6.76. The van der Waals surface area contributed by atoms with Gasteiger partial charge in [0, 0.05) is 13.2 Å². The number of aromatic amines is 1. The third-order valence-corrected chi connectivity index (χ3v) is 2.61. The zero-order valence-electron chi connectivity index (χ0n) is 8.52. The zero-order chi connectivity index (χ0) is 10.0. The summed E-state index contributed by atoms with van der Waals surface area (Å²) in [6, 6.07) is 0. The normalized spacial score (nSPS) is 19.2. The van der Waals surface area contributed by atoms with E-state index in [-0.39, 0.29) is 18.9 Å². The first-order valence-electron chi connectivity index (χ1n) is 4.41. The van der Waals surface area contributed by atoms with Crippen LogP contribution in [0.5, 0.6) is 0 Å². The van der Waals surface area contributed by atoms with Crippen LogP contribution in [0.15, 0.2) is 6.33 Å². The Hall–Kier alpha value is -0.833. The van der Waals surface area contributed by atoms with Gasteiger partial charge < -0.3 is 14.6 Å². The Bertz CT molecular complexity index is 322. The van der Waals surface area contributed by atoms with E-state index >= 15 is 0 Å². The molecule has 0 bridgehead atoms. The summed E-state index contributed by atoms with van der Waals surface area (Å²) in [5, 5.41) is 17.4. The Kier molecular flexibility index (Phi) is 3.91.